The van der Waals surface area contributed by atoms with Crippen LogP contribution in [0.15, 0.2) is 29.0 Å². The van der Waals surface area contributed by atoms with Crippen molar-refractivity contribution in [2.75, 3.05) is 0 Å². The van der Waals surface area contributed by atoms with Gasteiger partial charge in [0, 0.05) is 29.2 Å². The molecule has 0 aliphatic heterocycles. The molecule has 0 aliphatic rings. The molecule has 0 saturated heterocycles. The van der Waals surface area contributed by atoms with Crippen LogP contribution < -0.4 is 5.32 Å². The minimum Gasteiger partial charge on any atom is -0.354 e. The van der Waals surface area contributed by atoms with E-state index < -0.39 is 0 Å². The summed E-state index contributed by atoms with van der Waals surface area (Å²) < 4.78 is 5.14. The molecule has 1 amide bonds. The Morgan fingerprint density at radius 3 is 2.60 bits per heavy atom. The minimum atomic E-state index is -0.336. The van der Waals surface area contributed by atoms with Crippen LogP contribution in [0.1, 0.15) is 44.9 Å². The Morgan fingerprint density at radius 1 is 1.24 bits per heavy atom. The van der Waals surface area contributed by atoms with Gasteiger partial charge in [0.2, 0.25) is 11.7 Å². The maximum Gasteiger partial charge on any atom is 0.268 e. The summed E-state index contributed by atoms with van der Waals surface area (Å²) in [5.74, 6) is 0.297. The molecule has 3 rings (SSSR count). The molecule has 8 nitrogen and oxygen atoms in total. The summed E-state index contributed by atoms with van der Waals surface area (Å²) in [6.07, 6.45) is 3.27. The number of aromatic amines is 1. The molecule has 0 aromatic carbocycles. The van der Waals surface area contributed by atoms with Gasteiger partial charge in [-0.1, -0.05) is 5.16 Å². The molecule has 0 saturated carbocycles. The van der Waals surface area contributed by atoms with Crippen molar-refractivity contribution in [3.05, 3.63) is 52.9 Å². The number of rotatable bonds is 5. The van der Waals surface area contributed by atoms with Crippen molar-refractivity contribution in [2.24, 2.45) is 0 Å². The number of amides is 1. The van der Waals surface area contributed by atoms with Crippen molar-refractivity contribution in [3.63, 3.8) is 0 Å². The standard InChI is InChI=1S/C17H17N5O3/c1-9-14(11(3)23)10(2)20-15(9)17(24)19-8-13-21-16(22-25-13)12-4-6-18-7-5-12/h4-7,20H,8H2,1-3H3,(H,19,24). The second kappa shape index (κ2) is 6.68. The Labute approximate surface area is 143 Å². The molecule has 3 heterocycles. The van der Waals surface area contributed by atoms with E-state index in [0.29, 0.717) is 28.3 Å². The van der Waals surface area contributed by atoms with Crippen LogP contribution in [0.5, 0.6) is 0 Å². The first-order valence-electron chi connectivity index (χ1n) is 7.68. The van der Waals surface area contributed by atoms with Gasteiger partial charge in [0.25, 0.3) is 5.91 Å². The number of hydrogen-bond donors (Lipinski definition) is 2. The van der Waals surface area contributed by atoms with E-state index >= 15 is 0 Å². The first kappa shape index (κ1) is 16.6. The van der Waals surface area contributed by atoms with Gasteiger partial charge in [0.05, 0.1) is 6.54 Å². The molecule has 128 valence electrons. The number of carbonyl (C=O) groups excluding carboxylic acids is 2. The van der Waals surface area contributed by atoms with E-state index in [1.165, 1.54) is 6.92 Å². The Kier molecular flexibility index (Phi) is 4.42. The van der Waals surface area contributed by atoms with E-state index in [9.17, 15) is 9.59 Å². The number of nitrogens with zero attached hydrogens (tertiary/aromatic N) is 3. The lowest BCUT2D eigenvalue weighted by Crippen LogP contribution is -2.24. The second-order valence-electron chi connectivity index (χ2n) is 5.61. The Balaban J connectivity index is 1.70. The van der Waals surface area contributed by atoms with Crippen LogP contribution in [0.4, 0.5) is 0 Å². The van der Waals surface area contributed by atoms with Gasteiger partial charge in [0.1, 0.15) is 5.69 Å². The average molecular weight is 339 g/mol. The topological polar surface area (TPSA) is 114 Å². The smallest absolute Gasteiger partial charge is 0.268 e. The molecule has 0 fully saturated rings. The van der Waals surface area contributed by atoms with Gasteiger partial charge in [-0.05, 0) is 38.5 Å². The molecular formula is C17H17N5O3. The summed E-state index contributed by atoms with van der Waals surface area (Å²) >= 11 is 0. The van der Waals surface area contributed by atoms with Crippen LogP contribution in [-0.2, 0) is 6.54 Å². The van der Waals surface area contributed by atoms with Gasteiger partial charge in [-0.25, -0.2) is 0 Å². The molecule has 0 unspecified atom stereocenters. The highest BCUT2D eigenvalue weighted by Crippen LogP contribution is 2.18. The number of Topliss-reactive ketones (excluding diaryl/α,β-unsaturated/α-hetero) is 1. The number of pyridine rings is 1. The van der Waals surface area contributed by atoms with Crippen molar-refractivity contribution in [1.82, 2.24) is 25.4 Å². The first-order chi connectivity index (χ1) is 12.0. The molecule has 25 heavy (non-hydrogen) atoms. The average Bonchev–Trinajstić information content (AvgIpc) is 3.18. The third kappa shape index (κ3) is 3.32. The molecule has 0 radical (unpaired) electrons. The number of aryl methyl sites for hydroxylation is 1. The van der Waals surface area contributed by atoms with Crippen LogP contribution >= 0.6 is 0 Å². The first-order valence-corrected chi connectivity index (χ1v) is 7.68. The van der Waals surface area contributed by atoms with E-state index in [1.807, 2.05) is 0 Å². The fourth-order valence-corrected chi connectivity index (χ4v) is 2.69. The third-order valence-corrected chi connectivity index (χ3v) is 3.82. The van der Waals surface area contributed by atoms with Gasteiger partial charge in [-0.15, -0.1) is 0 Å². The molecule has 0 aliphatic carbocycles. The van der Waals surface area contributed by atoms with E-state index in [1.54, 1.807) is 38.4 Å². The Bertz CT molecular complexity index is 927. The number of ketones is 1. The molecular weight excluding hydrogens is 322 g/mol. The van der Waals surface area contributed by atoms with Gasteiger partial charge < -0.3 is 14.8 Å². The molecule has 0 spiro atoms. The van der Waals surface area contributed by atoms with Crippen LogP contribution in [0.3, 0.4) is 0 Å². The second-order valence-corrected chi connectivity index (χ2v) is 5.61. The molecule has 8 heteroatoms. The normalized spacial score (nSPS) is 10.7. The molecule has 3 aromatic heterocycles. The molecule has 3 aromatic rings. The Morgan fingerprint density at radius 2 is 1.96 bits per heavy atom. The highest BCUT2D eigenvalue weighted by Gasteiger charge is 2.20. The van der Waals surface area contributed by atoms with Crippen molar-refractivity contribution in [3.8, 4) is 11.4 Å². The van der Waals surface area contributed by atoms with Crippen LogP contribution in [0.25, 0.3) is 11.4 Å². The van der Waals surface area contributed by atoms with E-state index in [0.717, 1.165) is 5.56 Å². The number of hydrogen-bond acceptors (Lipinski definition) is 6. The number of carbonyl (C=O) groups is 2. The van der Waals surface area contributed by atoms with Crippen LogP contribution in [-0.4, -0.2) is 31.8 Å². The maximum atomic E-state index is 12.4. The van der Waals surface area contributed by atoms with E-state index in [4.69, 9.17) is 4.52 Å². The maximum absolute atomic E-state index is 12.4. The van der Waals surface area contributed by atoms with Crippen molar-refractivity contribution in [2.45, 2.75) is 27.3 Å². The number of nitrogens with one attached hydrogen (secondary N) is 2. The monoisotopic (exact) mass is 339 g/mol. The lowest BCUT2D eigenvalue weighted by atomic mass is 10.1. The predicted molar refractivity (Wildman–Crippen MR) is 89.0 cm³/mol. The zero-order valence-corrected chi connectivity index (χ0v) is 14.1. The summed E-state index contributed by atoms with van der Waals surface area (Å²) in [7, 11) is 0. The molecule has 0 atom stereocenters. The zero-order chi connectivity index (χ0) is 18.0. The highest BCUT2D eigenvalue weighted by atomic mass is 16.5. The van der Waals surface area contributed by atoms with Crippen molar-refractivity contribution >= 4 is 11.7 Å². The van der Waals surface area contributed by atoms with Gasteiger partial charge >= 0.3 is 0 Å². The minimum absolute atomic E-state index is 0.0795. The van der Waals surface area contributed by atoms with Crippen molar-refractivity contribution < 1.29 is 14.1 Å². The summed E-state index contributed by atoms with van der Waals surface area (Å²) in [5.41, 5.74) is 2.98. The summed E-state index contributed by atoms with van der Waals surface area (Å²) in [6, 6.07) is 3.53. The summed E-state index contributed by atoms with van der Waals surface area (Å²) in [5, 5.41) is 6.59. The predicted octanol–water partition coefficient (Wildman–Crippen LogP) is 2.21. The summed E-state index contributed by atoms with van der Waals surface area (Å²) in [6.45, 7) is 5.07. The third-order valence-electron chi connectivity index (χ3n) is 3.82. The van der Waals surface area contributed by atoms with Crippen LogP contribution in [0, 0.1) is 13.8 Å². The van der Waals surface area contributed by atoms with Crippen molar-refractivity contribution in [1.29, 1.82) is 0 Å². The molecule has 0 bridgehead atoms. The lowest BCUT2D eigenvalue weighted by Gasteiger charge is -2.02. The summed E-state index contributed by atoms with van der Waals surface area (Å²) in [4.78, 5) is 35.1. The Hall–Kier alpha value is -3.29. The largest absolute Gasteiger partial charge is 0.354 e. The van der Waals surface area contributed by atoms with E-state index in [-0.39, 0.29) is 24.1 Å². The SMILES string of the molecule is CC(=O)c1c(C)[nH]c(C(=O)NCc2nc(-c3ccncc3)no2)c1C. The number of H-pyrrole nitrogens is 1. The lowest BCUT2D eigenvalue weighted by molar-refractivity contribution is 0.0941. The molecule has 2 N–H and O–H groups in total. The highest BCUT2D eigenvalue weighted by molar-refractivity contribution is 6.02. The van der Waals surface area contributed by atoms with Gasteiger partial charge in [-0.3, -0.25) is 14.6 Å². The quantitative estimate of drug-likeness (QED) is 0.689. The zero-order valence-electron chi connectivity index (χ0n) is 14.1. The van der Waals surface area contributed by atoms with Crippen LogP contribution in [0.2, 0.25) is 0 Å². The fourth-order valence-electron chi connectivity index (χ4n) is 2.69. The van der Waals surface area contributed by atoms with E-state index in [2.05, 4.69) is 25.4 Å². The number of aromatic nitrogens is 4. The van der Waals surface area contributed by atoms with Gasteiger partial charge in [-0.2, -0.15) is 4.98 Å². The van der Waals surface area contributed by atoms with Gasteiger partial charge in [0.15, 0.2) is 5.78 Å². The fraction of sp³-hybridized carbons (Fsp3) is 0.235.